The van der Waals surface area contributed by atoms with Gasteiger partial charge >= 0.3 is 0 Å². The molecule has 29 heavy (non-hydrogen) atoms. The Morgan fingerprint density at radius 3 is 2.31 bits per heavy atom. The lowest BCUT2D eigenvalue weighted by molar-refractivity contribution is 0.102. The van der Waals surface area contributed by atoms with Crippen LogP contribution in [0, 0.1) is 17.5 Å². The Labute approximate surface area is 164 Å². The zero-order valence-corrected chi connectivity index (χ0v) is 14.9. The van der Waals surface area contributed by atoms with E-state index in [-0.39, 0.29) is 0 Å². The molecule has 0 aliphatic rings. The minimum Gasteiger partial charge on any atom is -0.354 e. The van der Waals surface area contributed by atoms with Crippen molar-refractivity contribution in [2.75, 3.05) is 10.6 Å². The number of pyridine rings is 1. The Hall–Kier alpha value is -3.87. The molecule has 4 rings (SSSR count). The molecule has 2 N–H and O–H groups in total. The molecule has 0 spiro atoms. The van der Waals surface area contributed by atoms with Crippen LogP contribution in [0.5, 0.6) is 0 Å². The van der Waals surface area contributed by atoms with Crippen LogP contribution < -0.4 is 10.6 Å². The summed E-state index contributed by atoms with van der Waals surface area (Å²) in [7, 11) is 0. The lowest BCUT2D eigenvalue weighted by Gasteiger charge is -2.11. The number of nitrogens with zero attached hydrogens (tertiary/aromatic N) is 1. The van der Waals surface area contributed by atoms with Gasteiger partial charge in [0.2, 0.25) is 0 Å². The van der Waals surface area contributed by atoms with Crippen LogP contribution in [0.4, 0.5) is 30.2 Å². The molecule has 0 atom stereocenters. The third-order valence-electron chi connectivity index (χ3n) is 4.33. The van der Waals surface area contributed by atoms with Gasteiger partial charge in [-0.25, -0.2) is 13.2 Å². The number of anilines is 3. The summed E-state index contributed by atoms with van der Waals surface area (Å²) in [4.78, 5) is 16.5. The number of amides is 1. The van der Waals surface area contributed by atoms with E-state index in [9.17, 15) is 18.0 Å². The fourth-order valence-corrected chi connectivity index (χ4v) is 2.90. The quantitative estimate of drug-likeness (QED) is 0.441. The van der Waals surface area contributed by atoms with E-state index in [2.05, 4.69) is 15.6 Å². The van der Waals surface area contributed by atoms with Crippen molar-refractivity contribution in [3.63, 3.8) is 0 Å². The molecular formula is C22H14F3N3O. The third-order valence-corrected chi connectivity index (χ3v) is 4.33. The molecule has 0 fully saturated rings. The second-order valence-electron chi connectivity index (χ2n) is 6.26. The summed E-state index contributed by atoms with van der Waals surface area (Å²) in [6, 6.07) is 17.9. The maximum absolute atomic E-state index is 13.8. The Bertz CT molecular complexity index is 1200. The Morgan fingerprint density at radius 1 is 0.793 bits per heavy atom. The van der Waals surface area contributed by atoms with Crippen molar-refractivity contribution >= 4 is 33.9 Å². The van der Waals surface area contributed by atoms with Crippen LogP contribution in [0.2, 0.25) is 0 Å². The van der Waals surface area contributed by atoms with Gasteiger partial charge in [-0.2, -0.15) is 0 Å². The van der Waals surface area contributed by atoms with E-state index in [0.29, 0.717) is 11.8 Å². The average molecular weight is 393 g/mol. The van der Waals surface area contributed by atoms with Crippen LogP contribution in [0.25, 0.3) is 10.9 Å². The Morgan fingerprint density at radius 2 is 1.52 bits per heavy atom. The van der Waals surface area contributed by atoms with Gasteiger partial charge in [0.05, 0.1) is 16.8 Å². The molecule has 0 aliphatic heterocycles. The van der Waals surface area contributed by atoms with Crippen molar-refractivity contribution in [1.82, 2.24) is 4.98 Å². The second-order valence-corrected chi connectivity index (χ2v) is 6.26. The SMILES string of the molecule is O=C(Nc1ccc(Nc2cccc3cccnc23)cc1)c1ccc(F)c(F)c1F. The van der Waals surface area contributed by atoms with Crippen LogP contribution in [0.1, 0.15) is 10.4 Å². The smallest absolute Gasteiger partial charge is 0.258 e. The van der Waals surface area contributed by atoms with E-state index in [1.807, 2.05) is 30.3 Å². The maximum atomic E-state index is 13.8. The number of para-hydroxylation sites is 1. The summed E-state index contributed by atoms with van der Waals surface area (Å²) in [6.45, 7) is 0. The standard InChI is InChI=1S/C22H14F3N3O/c23-17-11-10-16(19(24)20(17)25)22(29)28-15-8-6-14(7-9-15)27-18-5-1-3-13-4-2-12-26-21(13)18/h1-12,27H,(H,28,29). The molecule has 0 aliphatic carbocycles. The highest BCUT2D eigenvalue weighted by molar-refractivity contribution is 6.04. The first kappa shape index (κ1) is 18.5. The van der Waals surface area contributed by atoms with Gasteiger partial charge in [0.25, 0.3) is 5.91 Å². The minimum absolute atomic E-state index is 0.376. The molecular weight excluding hydrogens is 379 g/mol. The van der Waals surface area contributed by atoms with Gasteiger partial charge < -0.3 is 10.6 Å². The van der Waals surface area contributed by atoms with E-state index in [0.717, 1.165) is 28.3 Å². The highest BCUT2D eigenvalue weighted by Gasteiger charge is 2.18. The summed E-state index contributed by atoms with van der Waals surface area (Å²) in [5.41, 5.74) is 2.19. The van der Waals surface area contributed by atoms with Crippen LogP contribution in [0.3, 0.4) is 0 Å². The van der Waals surface area contributed by atoms with Gasteiger partial charge in [0.1, 0.15) is 0 Å². The number of halogens is 3. The number of hydrogen-bond donors (Lipinski definition) is 2. The zero-order valence-electron chi connectivity index (χ0n) is 14.9. The lowest BCUT2D eigenvalue weighted by Crippen LogP contribution is -2.15. The van der Waals surface area contributed by atoms with E-state index in [1.54, 1.807) is 30.5 Å². The first-order valence-corrected chi connectivity index (χ1v) is 8.68. The number of benzene rings is 3. The Balaban J connectivity index is 1.51. The normalized spacial score (nSPS) is 10.7. The van der Waals surface area contributed by atoms with Gasteiger partial charge in [0, 0.05) is 23.0 Å². The van der Waals surface area contributed by atoms with E-state index in [1.165, 1.54) is 0 Å². The van der Waals surface area contributed by atoms with E-state index < -0.39 is 28.9 Å². The molecule has 0 radical (unpaired) electrons. The largest absolute Gasteiger partial charge is 0.354 e. The van der Waals surface area contributed by atoms with Crippen LogP contribution in [-0.4, -0.2) is 10.9 Å². The molecule has 7 heteroatoms. The van der Waals surface area contributed by atoms with Gasteiger partial charge in [-0.1, -0.05) is 18.2 Å². The van der Waals surface area contributed by atoms with Gasteiger partial charge in [0.15, 0.2) is 17.5 Å². The molecule has 0 saturated carbocycles. The average Bonchev–Trinajstić information content (AvgIpc) is 2.74. The molecule has 0 unspecified atom stereocenters. The number of rotatable bonds is 4. The summed E-state index contributed by atoms with van der Waals surface area (Å²) in [5, 5.41) is 6.71. The number of carbonyl (C=O) groups excluding carboxylic acids is 1. The summed E-state index contributed by atoms with van der Waals surface area (Å²) >= 11 is 0. The Kier molecular flexibility index (Phi) is 4.87. The summed E-state index contributed by atoms with van der Waals surface area (Å²) in [6.07, 6.45) is 1.71. The molecule has 1 amide bonds. The van der Waals surface area contributed by atoms with Gasteiger partial charge in [-0.05, 0) is 48.5 Å². The van der Waals surface area contributed by atoms with Crippen LogP contribution in [-0.2, 0) is 0 Å². The number of carbonyl (C=O) groups is 1. The number of nitrogens with one attached hydrogen (secondary N) is 2. The third kappa shape index (κ3) is 3.75. The number of hydrogen-bond acceptors (Lipinski definition) is 3. The van der Waals surface area contributed by atoms with Gasteiger partial charge in [-0.3, -0.25) is 9.78 Å². The topological polar surface area (TPSA) is 54.0 Å². The lowest BCUT2D eigenvalue weighted by atomic mass is 10.1. The van der Waals surface area contributed by atoms with Crippen LogP contribution >= 0.6 is 0 Å². The molecule has 1 aromatic heterocycles. The molecule has 4 aromatic rings. The molecule has 144 valence electrons. The van der Waals surface area contributed by atoms with Gasteiger partial charge in [-0.15, -0.1) is 0 Å². The first-order chi connectivity index (χ1) is 14.0. The number of aromatic nitrogens is 1. The molecule has 3 aromatic carbocycles. The predicted molar refractivity (Wildman–Crippen MR) is 106 cm³/mol. The van der Waals surface area contributed by atoms with E-state index >= 15 is 0 Å². The fraction of sp³-hybridized carbons (Fsp3) is 0. The van der Waals surface area contributed by atoms with Crippen molar-refractivity contribution in [3.05, 3.63) is 95.9 Å². The fourth-order valence-electron chi connectivity index (χ4n) is 2.90. The second kappa shape index (κ2) is 7.63. The highest BCUT2D eigenvalue weighted by Crippen LogP contribution is 2.25. The molecule has 1 heterocycles. The van der Waals surface area contributed by atoms with Crippen molar-refractivity contribution in [2.24, 2.45) is 0 Å². The minimum atomic E-state index is -1.68. The van der Waals surface area contributed by atoms with Crippen molar-refractivity contribution in [1.29, 1.82) is 0 Å². The van der Waals surface area contributed by atoms with Crippen molar-refractivity contribution in [2.45, 2.75) is 0 Å². The molecule has 0 saturated heterocycles. The van der Waals surface area contributed by atoms with Crippen molar-refractivity contribution < 1.29 is 18.0 Å². The monoisotopic (exact) mass is 393 g/mol. The highest BCUT2D eigenvalue weighted by atomic mass is 19.2. The van der Waals surface area contributed by atoms with E-state index in [4.69, 9.17) is 0 Å². The van der Waals surface area contributed by atoms with Crippen molar-refractivity contribution in [3.8, 4) is 0 Å². The summed E-state index contributed by atoms with van der Waals surface area (Å²) in [5.74, 6) is -5.43. The zero-order chi connectivity index (χ0) is 20.4. The maximum Gasteiger partial charge on any atom is 0.258 e. The molecule has 4 nitrogen and oxygen atoms in total. The predicted octanol–water partition coefficient (Wildman–Crippen LogP) is 5.65. The molecule has 0 bridgehead atoms. The van der Waals surface area contributed by atoms with Crippen LogP contribution in [0.15, 0.2) is 72.9 Å². The first-order valence-electron chi connectivity index (χ1n) is 8.68. The summed E-state index contributed by atoms with van der Waals surface area (Å²) < 4.78 is 40.1. The number of fused-ring (bicyclic) bond motifs is 1.